The van der Waals surface area contributed by atoms with Crippen LogP contribution >= 0.6 is 15.9 Å². The Morgan fingerprint density at radius 1 is 1.36 bits per heavy atom. The second-order valence-electron chi connectivity index (χ2n) is 3.94. The van der Waals surface area contributed by atoms with E-state index in [9.17, 15) is 4.79 Å². The van der Waals surface area contributed by atoms with Crippen LogP contribution in [0.4, 0.5) is 0 Å². The van der Waals surface area contributed by atoms with Crippen LogP contribution in [0, 0.1) is 5.92 Å². The predicted molar refractivity (Wildman–Crippen MR) is 62.7 cm³/mol. The molecule has 76 valence electrons. The number of carbonyl (C=O) groups excluding carboxylic acids is 1. The maximum Gasteiger partial charge on any atom is 0.150 e. The van der Waals surface area contributed by atoms with E-state index in [1.165, 1.54) is 5.56 Å². The Morgan fingerprint density at radius 3 is 2.64 bits per heavy atom. The Morgan fingerprint density at radius 2 is 2.07 bits per heavy atom. The minimum Gasteiger partial charge on any atom is -0.298 e. The van der Waals surface area contributed by atoms with Gasteiger partial charge in [-0.3, -0.25) is 4.79 Å². The van der Waals surface area contributed by atoms with Crippen LogP contribution < -0.4 is 0 Å². The molecule has 0 amide bonds. The summed E-state index contributed by atoms with van der Waals surface area (Å²) in [4.78, 5) is 10.6. The SMILES string of the molecule is CC(C)CCc1cc(Br)cc(C=O)c1. The molecule has 0 N–H and O–H groups in total. The van der Waals surface area contributed by atoms with Crippen LogP contribution in [0.15, 0.2) is 22.7 Å². The van der Waals surface area contributed by atoms with Gasteiger partial charge in [0, 0.05) is 10.0 Å². The average Bonchev–Trinajstić information content (AvgIpc) is 2.14. The Hall–Kier alpha value is -0.630. The van der Waals surface area contributed by atoms with Gasteiger partial charge in [-0.15, -0.1) is 0 Å². The van der Waals surface area contributed by atoms with Crippen LogP contribution in [-0.2, 0) is 6.42 Å². The van der Waals surface area contributed by atoms with Crippen molar-refractivity contribution in [1.82, 2.24) is 0 Å². The second kappa shape index (κ2) is 5.30. The zero-order valence-electron chi connectivity index (χ0n) is 8.59. The summed E-state index contributed by atoms with van der Waals surface area (Å²) in [5, 5.41) is 0. The van der Waals surface area contributed by atoms with Gasteiger partial charge in [0.15, 0.2) is 0 Å². The molecule has 1 aromatic rings. The average molecular weight is 255 g/mol. The first-order valence-electron chi connectivity index (χ1n) is 4.86. The number of rotatable bonds is 4. The summed E-state index contributed by atoms with van der Waals surface area (Å²) in [6.07, 6.45) is 3.09. The molecule has 0 atom stereocenters. The van der Waals surface area contributed by atoms with Crippen LogP contribution in [0.3, 0.4) is 0 Å². The monoisotopic (exact) mass is 254 g/mol. The van der Waals surface area contributed by atoms with Crippen molar-refractivity contribution in [2.45, 2.75) is 26.7 Å². The van der Waals surface area contributed by atoms with Crippen LogP contribution in [0.25, 0.3) is 0 Å². The predicted octanol–water partition coefficient (Wildman–Crippen LogP) is 3.85. The molecule has 1 aromatic carbocycles. The molecule has 0 aromatic heterocycles. The summed E-state index contributed by atoms with van der Waals surface area (Å²) >= 11 is 3.40. The third-order valence-corrected chi connectivity index (χ3v) is 2.58. The fraction of sp³-hybridized carbons (Fsp3) is 0.417. The lowest BCUT2D eigenvalue weighted by molar-refractivity contribution is 0.112. The normalized spacial score (nSPS) is 10.6. The molecular formula is C12H15BrO. The molecule has 0 aliphatic rings. The molecule has 1 rings (SSSR count). The lowest BCUT2D eigenvalue weighted by Gasteiger charge is -2.05. The maximum atomic E-state index is 10.6. The molecule has 0 aliphatic carbocycles. The first-order valence-corrected chi connectivity index (χ1v) is 5.65. The quantitative estimate of drug-likeness (QED) is 0.747. The number of aryl methyl sites for hydroxylation is 1. The van der Waals surface area contributed by atoms with Gasteiger partial charge in [0.1, 0.15) is 6.29 Å². The van der Waals surface area contributed by atoms with Crippen LogP contribution in [0.2, 0.25) is 0 Å². The maximum absolute atomic E-state index is 10.6. The minimum atomic E-state index is 0.702. The topological polar surface area (TPSA) is 17.1 Å². The first kappa shape index (κ1) is 11.4. The Balaban J connectivity index is 2.76. The Bertz CT molecular complexity index is 318. The third-order valence-electron chi connectivity index (χ3n) is 2.13. The van der Waals surface area contributed by atoms with Crippen molar-refractivity contribution in [1.29, 1.82) is 0 Å². The zero-order chi connectivity index (χ0) is 10.6. The van der Waals surface area contributed by atoms with Gasteiger partial charge in [-0.05, 0) is 42.5 Å². The molecule has 14 heavy (non-hydrogen) atoms. The summed E-state index contributed by atoms with van der Waals surface area (Å²) in [6, 6.07) is 5.88. The fourth-order valence-electron chi connectivity index (χ4n) is 1.34. The van der Waals surface area contributed by atoms with Crippen molar-refractivity contribution in [2.75, 3.05) is 0 Å². The second-order valence-corrected chi connectivity index (χ2v) is 4.86. The van der Waals surface area contributed by atoms with E-state index in [0.29, 0.717) is 5.92 Å². The van der Waals surface area contributed by atoms with Crippen molar-refractivity contribution >= 4 is 22.2 Å². The smallest absolute Gasteiger partial charge is 0.150 e. The number of hydrogen-bond donors (Lipinski definition) is 0. The largest absolute Gasteiger partial charge is 0.298 e. The number of benzene rings is 1. The van der Waals surface area contributed by atoms with Gasteiger partial charge in [-0.1, -0.05) is 29.8 Å². The summed E-state index contributed by atoms with van der Waals surface area (Å²) in [7, 11) is 0. The van der Waals surface area contributed by atoms with E-state index in [4.69, 9.17) is 0 Å². The van der Waals surface area contributed by atoms with Gasteiger partial charge in [-0.25, -0.2) is 0 Å². The standard InChI is InChI=1S/C12H15BrO/c1-9(2)3-4-10-5-11(8-14)7-12(13)6-10/h5-9H,3-4H2,1-2H3. The van der Waals surface area contributed by atoms with Gasteiger partial charge < -0.3 is 0 Å². The Kier molecular flexibility index (Phi) is 4.33. The van der Waals surface area contributed by atoms with E-state index in [1.54, 1.807) is 0 Å². The van der Waals surface area contributed by atoms with Crippen molar-refractivity contribution < 1.29 is 4.79 Å². The number of hydrogen-bond acceptors (Lipinski definition) is 1. The lowest BCUT2D eigenvalue weighted by Crippen LogP contribution is -1.93. The van der Waals surface area contributed by atoms with Crippen molar-refractivity contribution in [3.05, 3.63) is 33.8 Å². The van der Waals surface area contributed by atoms with Gasteiger partial charge in [-0.2, -0.15) is 0 Å². The highest BCUT2D eigenvalue weighted by atomic mass is 79.9. The van der Waals surface area contributed by atoms with E-state index < -0.39 is 0 Å². The van der Waals surface area contributed by atoms with Gasteiger partial charge in [0.05, 0.1) is 0 Å². The first-order chi connectivity index (χ1) is 6.61. The van der Waals surface area contributed by atoms with Crippen LogP contribution in [-0.4, -0.2) is 6.29 Å². The van der Waals surface area contributed by atoms with Crippen molar-refractivity contribution in [3.8, 4) is 0 Å². The third kappa shape index (κ3) is 3.62. The van der Waals surface area contributed by atoms with Crippen molar-refractivity contribution in [3.63, 3.8) is 0 Å². The molecule has 0 spiro atoms. The van der Waals surface area contributed by atoms with Crippen LogP contribution in [0.1, 0.15) is 36.2 Å². The number of halogens is 1. The van der Waals surface area contributed by atoms with Gasteiger partial charge >= 0.3 is 0 Å². The molecule has 1 nitrogen and oxygen atoms in total. The number of carbonyl (C=O) groups is 1. The highest BCUT2D eigenvalue weighted by molar-refractivity contribution is 9.10. The fourth-order valence-corrected chi connectivity index (χ4v) is 1.90. The van der Waals surface area contributed by atoms with Crippen molar-refractivity contribution in [2.24, 2.45) is 5.92 Å². The van der Waals surface area contributed by atoms with E-state index in [1.807, 2.05) is 12.1 Å². The Labute approximate surface area is 93.7 Å². The molecule has 0 saturated heterocycles. The van der Waals surface area contributed by atoms with E-state index in [0.717, 1.165) is 29.2 Å². The highest BCUT2D eigenvalue weighted by Gasteiger charge is 2.00. The minimum absolute atomic E-state index is 0.702. The highest BCUT2D eigenvalue weighted by Crippen LogP contribution is 2.17. The summed E-state index contributed by atoms with van der Waals surface area (Å²) in [5.41, 5.74) is 1.98. The molecular weight excluding hydrogens is 240 g/mol. The summed E-state index contributed by atoms with van der Waals surface area (Å²) < 4.78 is 0.987. The van der Waals surface area contributed by atoms with Crippen LogP contribution in [0.5, 0.6) is 0 Å². The molecule has 0 aliphatic heterocycles. The molecule has 0 bridgehead atoms. The zero-order valence-corrected chi connectivity index (χ0v) is 10.2. The molecule has 2 heteroatoms. The summed E-state index contributed by atoms with van der Waals surface area (Å²) in [5.74, 6) is 0.702. The van der Waals surface area contributed by atoms with E-state index >= 15 is 0 Å². The van der Waals surface area contributed by atoms with E-state index in [2.05, 4.69) is 35.8 Å². The molecule has 0 unspecified atom stereocenters. The van der Waals surface area contributed by atoms with Gasteiger partial charge in [0.2, 0.25) is 0 Å². The van der Waals surface area contributed by atoms with E-state index in [-0.39, 0.29) is 0 Å². The van der Waals surface area contributed by atoms with Gasteiger partial charge in [0.25, 0.3) is 0 Å². The lowest BCUT2D eigenvalue weighted by atomic mass is 10.0. The molecule has 0 fully saturated rings. The molecule has 0 radical (unpaired) electrons. The molecule has 0 saturated carbocycles. The number of aldehydes is 1. The molecule has 0 heterocycles. The summed E-state index contributed by atoms with van der Waals surface area (Å²) in [6.45, 7) is 4.41.